The fourth-order valence-corrected chi connectivity index (χ4v) is 2.54. The van der Waals surface area contributed by atoms with Crippen LogP contribution in [0.15, 0.2) is 17.5 Å². The van der Waals surface area contributed by atoms with Gasteiger partial charge >= 0.3 is 0 Å². The highest BCUT2D eigenvalue weighted by Gasteiger charge is 2.37. The molecule has 1 atom stereocenters. The monoisotopic (exact) mass is 196 g/mol. The summed E-state index contributed by atoms with van der Waals surface area (Å²) in [6, 6.07) is 4.05. The van der Waals surface area contributed by atoms with Crippen molar-refractivity contribution in [3.05, 3.63) is 22.4 Å². The van der Waals surface area contributed by atoms with Crippen molar-refractivity contribution in [1.29, 1.82) is 0 Å². The molecule has 1 aromatic rings. The average molecular weight is 196 g/mol. The molecule has 1 aliphatic heterocycles. The van der Waals surface area contributed by atoms with Gasteiger partial charge in [0.2, 0.25) is 5.91 Å². The summed E-state index contributed by atoms with van der Waals surface area (Å²) in [5, 5.41) is 8.23. The standard InChI is InChI=1S/C9H12N2OS/c1-2-9(7-4-3-5-13-7)10-6-8(12)11-9/h3-5,10H,2,6H2,1H3,(H,11,12). The quantitative estimate of drug-likeness (QED) is 0.741. The van der Waals surface area contributed by atoms with Crippen LogP contribution < -0.4 is 10.6 Å². The lowest BCUT2D eigenvalue weighted by atomic mass is 10.1. The Morgan fingerprint density at radius 2 is 2.54 bits per heavy atom. The Balaban J connectivity index is 2.31. The molecule has 0 aliphatic carbocycles. The summed E-state index contributed by atoms with van der Waals surface area (Å²) in [6.45, 7) is 2.49. The largest absolute Gasteiger partial charge is 0.332 e. The maximum absolute atomic E-state index is 11.1. The molecule has 13 heavy (non-hydrogen) atoms. The van der Waals surface area contributed by atoms with E-state index < -0.39 is 0 Å². The number of carbonyl (C=O) groups is 1. The smallest absolute Gasteiger partial charge is 0.235 e. The molecule has 4 heteroatoms. The lowest BCUT2D eigenvalue weighted by Crippen LogP contribution is -2.45. The van der Waals surface area contributed by atoms with E-state index in [4.69, 9.17) is 0 Å². The fraction of sp³-hybridized carbons (Fsp3) is 0.444. The van der Waals surface area contributed by atoms with Gasteiger partial charge in [-0.3, -0.25) is 10.1 Å². The van der Waals surface area contributed by atoms with Gasteiger partial charge in [-0.1, -0.05) is 13.0 Å². The first-order valence-corrected chi connectivity index (χ1v) is 5.25. The van der Waals surface area contributed by atoms with Crippen molar-refractivity contribution in [2.45, 2.75) is 19.0 Å². The third kappa shape index (κ3) is 1.36. The van der Waals surface area contributed by atoms with Crippen LogP contribution in [0.2, 0.25) is 0 Å². The molecule has 1 unspecified atom stereocenters. The van der Waals surface area contributed by atoms with Crippen LogP contribution in [0.5, 0.6) is 0 Å². The molecule has 0 radical (unpaired) electrons. The molecule has 0 bridgehead atoms. The molecule has 0 aromatic carbocycles. The van der Waals surface area contributed by atoms with Crippen LogP contribution in [0.4, 0.5) is 0 Å². The molecule has 2 rings (SSSR count). The Bertz CT molecular complexity index is 309. The van der Waals surface area contributed by atoms with Crippen LogP contribution in [0, 0.1) is 0 Å². The number of rotatable bonds is 2. The minimum Gasteiger partial charge on any atom is -0.332 e. The van der Waals surface area contributed by atoms with Gasteiger partial charge in [0.25, 0.3) is 0 Å². The van der Waals surface area contributed by atoms with E-state index in [2.05, 4.69) is 17.6 Å². The molecule has 0 saturated carbocycles. The molecular weight excluding hydrogens is 184 g/mol. The molecule has 2 N–H and O–H groups in total. The summed E-state index contributed by atoms with van der Waals surface area (Å²) in [5.41, 5.74) is -0.300. The first kappa shape index (κ1) is 8.72. The van der Waals surface area contributed by atoms with E-state index in [0.717, 1.165) is 6.42 Å². The molecule has 1 aromatic heterocycles. The normalized spacial score (nSPS) is 27.6. The lowest BCUT2D eigenvalue weighted by Gasteiger charge is -2.26. The van der Waals surface area contributed by atoms with E-state index in [0.29, 0.717) is 6.54 Å². The SMILES string of the molecule is CCC1(c2cccs2)NCC(=O)N1. The van der Waals surface area contributed by atoms with Crippen LogP contribution in [0.1, 0.15) is 18.2 Å². The molecule has 1 saturated heterocycles. The molecule has 3 nitrogen and oxygen atoms in total. The van der Waals surface area contributed by atoms with Crippen molar-refractivity contribution in [2.75, 3.05) is 6.54 Å². The van der Waals surface area contributed by atoms with Gasteiger partial charge in [0.1, 0.15) is 5.66 Å². The van der Waals surface area contributed by atoms with Gasteiger partial charge in [0, 0.05) is 4.88 Å². The van der Waals surface area contributed by atoms with Crippen molar-refractivity contribution in [1.82, 2.24) is 10.6 Å². The molecule has 1 fully saturated rings. The Kier molecular flexibility index (Phi) is 2.09. The highest BCUT2D eigenvalue weighted by molar-refractivity contribution is 7.10. The van der Waals surface area contributed by atoms with Crippen LogP contribution >= 0.6 is 11.3 Å². The minimum atomic E-state index is -0.300. The summed E-state index contributed by atoms with van der Waals surface area (Å²) in [5.74, 6) is 0.0789. The summed E-state index contributed by atoms with van der Waals surface area (Å²) in [7, 11) is 0. The molecule has 1 amide bonds. The Labute approximate surface area is 81.2 Å². The highest BCUT2D eigenvalue weighted by Crippen LogP contribution is 2.28. The van der Waals surface area contributed by atoms with Gasteiger partial charge in [0.05, 0.1) is 6.54 Å². The summed E-state index contributed by atoms with van der Waals surface area (Å²) in [4.78, 5) is 12.3. The zero-order chi connectivity index (χ0) is 9.31. The van der Waals surface area contributed by atoms with E-state index in [-0.39, 0.29) is 11.6 Å². The van der Waals surface area contributed by atoms with E-state index in [1.54, 1.807) is 11.3 Å². The van der Waals surface area contributed by atoms with Crippen LogP contribution in [-0.4, -0.2) is 12.5 Å². The van der Waals surface area contributed by atoms with E-state index in [1.165, 1.54) is 4.88 Å². The first-order valence-electron chi connectivity index (χ1n) is 4.37. The molecule has 2 heterocycles. The van der Waals surface area contributed by atoms with Gasteiger partial charge < -0.3 is 5.32 Å². The molecule has 70 valence electrons. The van der Waals surface area contributed by atoms with Crippen molar-refractivity contribution in [3.8, 4) is 0 Å². The Morgan fingerprint density at radius 1 is 1.69 bits per heavy atom. The van der Waals surface area contributed by atoms with E-state index in [1.807, 2.05) is 17.5 Å². The zero-order valence-corrected chi connectivity index (χ0v) is 8.28. The average Bonchev–Trinajstić information content (AvgIpc) is 2.73. The summed E-state index contributed by atoms with van der Waals surface area (Å²) in [6.07, 6.45) is 0.874. The van der Waals surface area contributed by atoms with Crippen molar-refractivity contribution in [2.24, 2.45) is 0 Å². The van der Waals surface area contributed by atoms with Gasteiger partial charge in [-0.05, 0) is 17.9 Å². The van der Waals surface area contributed by atoms with Crippen molar-refractivity contribution >= 4 is 17.2 Å². The van der Waals surface area contributed by atoms with E-state index in [9.17, 15) is 4.79 Å². The van der Waals surface area contributed by atoms with Crippen molar-refractivity contribution < 1.29 is 4.79 Å². The summed E-state index contributed by atoms with van der Waals surface area (Å²) < 4.78 is 0. The molecule has 0 spiro atoms. The zero-order valence-electron chi connectivity index (χ0n) is 7.46. The number of carbonyl (C=O) groups excluding carboxylic acids is 1. The summed E-state index contributed by atoms with van der Waals surface area (Å²) >= 11 is 1.67. The van der Waals surface area contributed by atoms with Crippen molar-refractivity contribution in [3.63, 3.8) is 0 Å². The van der Waals surface area contributed by atoms with Gasteiger partial charge in [-0.25, -0.2) is 0 Å². The predicted octanol–water partition coefficient (Wildman–Crippen LogP) is 1.03. The maximum Gasteiger partial charge on any atom is 0.235 e. The lowest BCUT2D eigenvalue weighted by molar-refractivity contribution is -0.118. The third-order valence-corrected chi connectivity index (χ3v) is 3.41. The second-order valence-electron chi connectivity index (χ2n) is 3.14. The Morgan fingerprint density at radius 3 is 3.00 bits per heavy atom. The molecular formula is C9H12N2OS. The van der Waals surface area contributed by atoms with Gasteiger partial charge in [-0.2, -0.15) is 0 Å². The number of hydrogen-bond acceptors (Lipinski definition) is 3. The Hall–Kier alpha value is -0.870. The van der Waals surface area contributed by atoms with Gasteiger partial charge in [-0.15, -0.1) is 11.3 Å². The first-order chi connectivity index (χ1) is 6.27. The van der Waals surface area contributed by atoms with Crippen LogP contribution in [0.3, 0.4) is 0 Å². The van der Waals surface area contributed by atoms with Crippen LogP contribution in [-0.2, 0) is 10.5 Å². The number of hydrogen-bond donors (Lipinski definition) is 2. The fourth-order valence-electron chi connectivity index (χ4n) is 1.62. The number of amides is 1. The van der Waals surface area contributed by atoms with Gasteiger partial charge in [0.15, 0.2) is 0 Å². The van der Waals surface area contributed by atoms with E-state index >= 15 is 0 Å². The third-order valence-electron chi connectivity index (χ3n) is 2.38. The maximum atomic E-state index is 11.1. The molecule has 1 aliphatic rings. The number of thiophene rings is 1. The van der Waals surface area contributed by atoms with Crippen LogP contribution in [0.25, 0.3) is 0 Å². The number of nitrogens with one attached hydrogen (secondary N) is 2. The predicted molar refractivity (Wildman–Crippen MR) is 52.4 cm³/mol. The second-order valence-corrected chi connectivity index (χ2v) is 4.09. The topological polar surface area (TPSA) is 41.1 Å². The highest BCUT2D eigenvalue weighted by atomic mass is 32.1. The minimum absolute atomic E-state index is 0.0789. The second kappa shape index (κ2) is 3.12.